The normalized spacial score (nSPS) is 11.8. The molecule has 204 valence electrons. The molecule has 0 saturated heterocycles. The number of hydrogen-bond donors (Lipinski definition) is 1. The number of carbonyl (C=O) groups is 1. The lowest BCUT2D eigenvalue weighted by Gasteiger charge is -2.25. The van der Waals surface area contributed by atoms with Crippen molar-refractivity contribution in [1.29, 1.82) is 0 Å². The number of benzene rings is 3. The van der Waals surface area contributed by atoms with Gasteiger partial charge in [-0.25, -0.2) is 21.1 Å². The molecule has 9 nitrogen and oxygen atoms in total. The maximum atomic E-state index is 13.5. The van der Waals surface area contributed by atoms with E-state index in [-0.39, 0.29) is 22.9 Å². The van der Waals surface area contributed by atoms with Crippen LogP contribution in [0.15, 0.2) is 76.5 Å². The van der Waals surface area contributed by atoms with Gasteiger partial charge in [-0.15, -0.1) is 0 Å². The minimum atomic E-state index is -4.01. The lowest BCUT2D eigenvalue weighted by molar-refractivity contribution is -0.119. The van der Waals surface area contributed by atoms with E-state index in [1.54, 1.807) is 24.3 Å². The van der Waals surface area contributed by atoms with Crippen LogP contribution >= 0.6 is 0 Å². The van der Waals surface area contributed by atoms with Crippen molar-refractivity contribution in [3.63, 3.8) is 0 Å². The lowest BCUT2D eigenvalue weighted by atomic mass is 10.1. The molecule has 1 N–H and O–H groups in total. The van der Waals surface area contributed by atoms with Gasteiger partial charge in [0.1, 0.15) is 18.9 Å². The van der Waals surface area contributed by atoms with E-state index in [9.17, 15) is 21.6 Å². The first-order valence-electron chi connectivity index (χ1n) is 11.9. The average Bonchev–Trinajstić information content (AvgIpc) is 2.85. The third-order valence-corrected chi connectivity index (χ3v) is 9.30. The minimum Gasteiger partial charge on any atom is -0.492 e. The first kappa shape index (κ1) is 29.2. The summed E-state index contributed by atoms with van der Waals surface area (Å²) in [4.78, 5) is 13.1. The van der Waals surface area contributed by atoms with Crippen LogP contribution < -0.4 is 14.4 Å². The second kappa shape index (κ2) is 12.0. The van der Waals surface area contributed by atoms with Gasteiger partial charge in [-0.2, -0.15) is 0 Å². The Balaban J connectivity index is 1.68. The van der Waals surface area contributed by atoms with Gasteiger partial charge in [0.15, 0.2) is 0 Å². The number of carbonyl (C=O) groups excluding carboxylic acids is 1. The van der Waals surface area contributed by atoms with Gasteiger partial charge in [-0.05, 0) is 80.4 Å². The van der Waals surface area contributed by atoms with E-state index in [0.29, 0.717) is 11.4 Å². The Labute approximate surface area is 225 Å². The van der Waals surface area contributed by atoms with E-state index >= 15 is 0 Å². The molecule has 0 fully saturated rings. The van der Waals surface area contributed by atoms with E-state index in [0.717, 1.165) is 25.3 Å². The molecule has 11 heteroatoms. The monoisotopic (exact) mass is 559 g/mol. The van der Waals surface area contributed by atoms with Crippen LogP contribution in [0, 0.1) is 20.8 Å². The van der Waals surface area contributed by atoms with Crippen molar-refractivity contribution in [1.82, 2.24) is 9.62 Å². The number of sulfonamides is 2. The average molecular weight is 560 g/mol. The molecule has 0 aromatic heterocycles. The second-order valence-corrected chi connectivity index (χ2v) is 13.1. The van der Waals surface area contributed by atoms with Crippen LogP contribution in [0.4, 0.5) is 5.69 Å². The van der Waals surface area contributed by atoms with Crippen LogP contribution in [-0.4, -0.2) is 60.8 Å². The lowest BCUT2D eigenvalue weighted by Crippen LogP contribution is -2.42. The summed E-state index contributed by atoms with van der Waals surface area (Å²) >= 11 is 0. The van der Waals surface area contributed by atoms with Crippen LogP contribution in [0.2, 0.25) is 0 Å². The van der Waals surface area contributed by atoms with Crippen molar-refractivity contribution in [2.24, 2.45) is 0 Å². The molecule has 0 bridgehead atoms. The zero-order valence-corrected chi connectivity index (χ0v) is 23.8. The van der Waals surface area contributed by atoms with Crippen molar-refractivity contribution in [2.75, 3.05) is 38.1 Å². The summed E-state index contributed by atoms with van der Waals surface area (Å²) in [6.07, 6.45) is 0. The number of amides is 1. The number of nitrogens with zero attached hydrogens (tertiary/aromatic N) is 2. The molecule has 0 radical (unpaired) electrons. The fourth-order valence-electron chi connectivity index (χ4n) is 3.71. The molecule has 3 rings (SSSR count). The SMILES string of the molecule is Cc1ccc(S(=O)(=O)N(CC(=O)NCCOc2ccc(S(=O)(=O)N(C)C)cc2)c2cc(C)cc(C)c2)cc1. The highest BCUT2D eigenvalue weighted by molar-refractivity contribution is 7.92. The van der Waals surface area contributed by atoms with Crippen molar-refractivity contribution < 1.29 is 26.4 Å². The number of anilines is 1. The second-order valence-electron chi connectivity index (χ2n) is 9.13. The van der Waals surface area contributed by atoms with Crippen LogP contribution in [0.1, 0.15) is 16.7 Å². The van der Waals surface area contributed by atoms with Crippen molar-refractivity contribution >= 4 is 31.6 Å². The molecule has 3 aromatic carbocycles. The number of aryl methyl sites for hydroxylation is 3. The van der Waals surface area contributed by atoms with Gasteiger partial charge >= 0.3 is 0 Å². The topological polar surface area (TPSA) is 113 Å². The highest BCUT2D eigenvalue weighted by Gasteiger charge is 2.27. The quantitative estimate of drug-likeness (QED) is 0.361. The highest BCUT2D eigenvalue weighted by atomic mass is 32.2. The Hall–Kier alpha value is -3.41. The van der Waals surface area contributed by atoms with Crippen LogP contribution in [0.3, 0.4) is 0 Å². The first-order chi connectivity index (χ1) is 17.8. The number of nitrogens with one attached hydrogen (secondary N) is 1. The molecule has 0 aliphatic heterocycles. The highest BCUT2D eigenvalue weighted by Crippen LogP contribution is 2.26. The molecule has 0 spiro atoms. The number of rotatable bonds is 11. The zero-order valence-electron chi connectivity index (χ0n) is 22.1. The molecule has 0 aliphatic carbocycles. The van der Waals surface area contributed by atoms with Crippen LogP contribution in [0.25, 0.3) is 0 Å². The van der Waals surface area contributed by atoms with Crippen molar-refractivity contribution in [3.8, 4) is 5.75 Å². The fraction of sp³-hybridized carbons (Fsp3) is 0.296. The maximum absolute atomic E-state index is 13.5. The van der Waals surface area contributed by atoms with Gasteiger partial charge in [-0.3, -0.25) is 9.10 Å². The third kappa shape index (κ3) is 7.12. The molecule has 0 atom stereocenters. The van der Waals surface area contributed by atoms with Crippen molar-refractivity contribution in [3.05, 3.63) is 83.4 Å². The smallest absolute Gasteiger partial charge is 0.264 e. The van der Waals surface area contributed by atoms with Crippen LogP contribution in [-0.2, 0) is 24.8 Å². The molecule has 0 aliphatic rings. The molecule has 3 aromatic rings. The summed E-state index contributed by atoms with van der Waals surface area (Å²) in [6, 6.07) is 17.8. The summed E-state index contributed by atoms with van der Waals surface area (Å²) in [6.45, 7) is 5.44. The predicted octanol–water partition coefficient (Wildman–Crippen LogP) is 3.25. The van der Waals surface area contributed by atoms with Gasteiger partial charge in [0.2, 0.25) is 15.9 Å². The van der Waals surface area contributed by atoms with E-state index in [1.807, 2.05) is 26.8 Å². The third-order valence-electron chi connectivity index (χ3n) is 5.69. The van der Waals surface area contributed by atoms with E-state index < -0.39 is 32.5 Å². The van der Waals surface area contributed by atoms with Gasteiger partial charge in [0, 0.05) is 14.1 Å². The molecule has 38 heavy (non-hydrogen) atoms. The summed E-state index contributed by atoms with van der Waals surface area (Å²) in [7, 11) is -4.64. The van der Waals surface area contributed by atoms with E-state index in [1.165, 1.54) is 50.5 Å². The zero-order chi connectivity index (χ0) is 28.1. The molecular formula is C27H33N3O6S2. The Bertz CT molecular complexity index is 1460. The van der Waals surface area contributed by atoms with Gasteiger partial charge in [0.05, 0.1) is 22.0 Å². The van der Waals surface area contributed by atoms with Crippen LogP contribution in [0.5, 0.6) is 5.75 Å². The number of hydrogen-bond acceptors (Lipinski definition) is 6. The molecule has 0 unspecified atom stereocenters. The first-order valence-corrected chi connectivity index (χ1v) is 14.8. The summed E-state index contributed by atoms with van der Waals surface area (Å²) < 4.78 is 59.2. The number of ether oxygens (including phenoxy) is 1. The Morgan fingerprint density at radius 2 is 1.29 bits per heavy atom. The predicted molar refractivity (Wildman–Crippen MR) is 147 cm³/mol. The Morgan fingerprint density at radius 1 is 0.763 bits per heavy atom. The van der Waals surface area contributed by atoms with E-state index in [4.69, 9.17) is 4.74 Å². The fourth-order valence-corrected chi connectivity index (χ4v) is 6.02. The summed E-state index contributed by atoms with van der Waals surface area (Å²) in [5.74, 6) is -0.0494. The molecule has 0 heterocycles. The van der Waals surface area contributed by atoms with Gasteiger partial charge < -0.3 is 10.1 Å². The standard InChI is InChI=1S/C27H33N3O6S2/c1-20-6-10-26(11-7-20)38(34,35)30(23-17-21(2)16-22(3)18-23)19-27(31)28-14-15-36-24-8-12-25(13-9-24)37(32,33)29(4)5/h6-13,16-18H,14-15,19H2,1-5H3,(H,28,31). The molecule has 0 saturated carbocycles. The summed E-state index contributed by atoms with van der Waals surface area (Å²) in [5.41, 5.74) is 3.08. The summed E-state index contributed by atoms with van der Waals surface area (Å²) in [5, 5.41) is 2.69. The Morgan fingerprint density at radius 3 is 1.84 bits per heavy atom. The molecule has 1 amide bonds. The largest absolute Gasteiger partial charge is 0.492 e. The van der Waals surface area contributed by atoms with Crippen molar-refractivity contribution in [2.45, 2.75) is 30.6 Å². The maximum Gasteiger partial charge on any atom is 0.264 e. The van der Waals surface area contributed by atoms with Gasteiger partial charge in [0.25, 0.3) is 10.0 Å². The van der Waals surface area contributed by atoms with Gasteiger partial charge in [-0.1, -0.05) is 23.8 Å². The van der Waals surface area contributed by atoms with E-state index in [2.05, 4.69) is 5.32 Å². The molecular weight excluding hydrogens is 526 g/mol. The Kier molecular flexibility index (Phi) is 9.18. The minimum absolute atomic E-state index is 0.0955.